The first-order valence-electron chi connectivity index (χ1n) is 5.88. The maximum atomic E-state index is 12.2. The highest BCUT2D eigenvalue weighted by Gasteiger charge is 2.23. The maximum Gasteiger partial charge on any atom is 0.188 e. The number of allylic oxidation sites excluding steroid dienone is 1. The summed E-state index contributed by atoms with van der Waals surface area (Å²) in [4.78, 5) is 14.2. The molecule has 0 spiro atoms. The Kier molecular flexibility index (Phi) is 3.21. The standard InChI is InChI=1S/C16H12ClOS/c1-19-15-8-7-12(17)9-13(15)14(18)10-16(19)11-5-3-2-4-6-11/h2-10,19H,1H2. The quantitative estimate of drug-likeness (QED) is 0.751. The molecule has 3 rings (SSSR count). The molecule has 1 aliphatic rings. The Bertz CT molecular complexity index is 676. The minimum Gasteiger partial charge on any atom is -0.289 e. The van der Waals surface area contributed by atoms with Crippen LogP contribution in [0.25, 0.3) is 4.91 Å². The first-order valence-corrected chi connectivity index (χ1v) is 7.79. The molecule has 0 fully saturated rings. The van der Waals surface area contributed by atoms with Gasteiger partial charge in [-0.3, -0.25) is 4.79 Å². The van der Waals surface area contributed by atoms with Gasteiger partial charge in [-0.1, -0.05) is 41.9 Å². The maximum absolute atomic E-state index is 12.2. The zero-order chi connectivity index (χ0) is 13.4. The van der Waals surface area contributed by atoms with Crippen LogP contribution in [0.2, 0.25) is 5.02 Å². The monoisotopic (exact) mass is 287 g/mol. The van der Waals surface area contributed by atoms with Gasteiger partial charge in [0.05, 0.1) is 0 Å². The molecule has 1 atom stereocenters. The number of carbonyl (C=O) groups is 1. The van der Waals surface area contributed by atoms with Crippen molar-refractivity contribution in [1.82, 2.24) is 0 Å². The fourth-order valence-corrected chi connectivity index (χ4v) is 4.08. The highest BCUT2D eigenvalue weighted by atomic mass is 35.5. The van der Waals surface area contributed by atoms with Gasteiger partial charge in [0.1, 0.15) is 0 Å². The smallest absolute Gasteiger partial charge is 0.188 e. The molecule has 19 heavy (non-hydrogen) atoms. The van der Waals surface area contributed by atoms with Gasteiger partial charge in [-0.05, 0) is 36.1 Å². The van der Waals surface area contributed by atoms with Gasteiger partial charge < -0.3 is 0 Å². The average molecular weight is 288 g/mol. The summed E-state index contributed by atoms with van der Waals surface area (Å²) in [5, 5.41) is 0.590. The van der Waals surface area contributed by atoms with Gasteiger partial charge in [-0.2, -0.15) is 10.9 Å². The van der Waals surface area contributed by atoms with Crippen molar-refractivity contribution < 1.29 is 4.79 Å². The van der Waals surface area contributed by atoms with Crippen molar-refractivity contribution >= 4 is 33.2 Å². The number of halogens is 1. The first kappa shape index (κ1) is 12.5. The van der Waals surface area contributed by atoms with Crippen molar-refractivity contribution in [3.63, 3.8) is 0 Å². The van der Waals surface area contributed by atoms with Crippen molar-refractivity contribution in [3.8, 4) is 0 Å². The summed E-state index contributed by atoms with van der Waals surface area (Å²) in [6.45, 7) is 0. The number of rotatable bonds is 1. The Morgan fingerprint density at radius 1 is 1.05 bits per heavy atom. The van der Waals surface area contributed by atoms with Crippen LogP contribution in [0.15, 0.2) is 59.5 Å². The Hall–Kier alpha value is -1.51. The summed E-state index contributed by atoms with van der Waals surface area (Å²) in [7, 11) is -0.755. The molecule has 0 saturated carbocycles. The van der Waals surface area contributed by atoms with Crippen LogP contribution >= 0.6 is 22.5 Å². The predicted octanol–water partition coefficient (Wildman–Crippen LogP) is 4.73. The SMILES string of the molecule is [CH2][SH]1C(c2ccccc2)=CC(=O)c2cc(Cl)ccc21. The zero-order valence-electron chi connectivity index (χ0n) is 10.1. The lowest BCUT2D eigenvalue weighted by Gasteiger charge is -2.26. The van der Waals surface area contributed by atoms with Gasteiger partial charge in [0.2, 0.25) is 0 Å². The summed E-state index contributed by atoms with van der Waals surface area (Å²) in [6, 6.07) is 15.4. The van der Waals surface area contributed by atoms with Gasteiger partial charge in [0.15, 0.2) is 5.78 Å². The minimum absolute atomic E-state index is 0.0127. The number of fused-ring (bicyclic) bond motifs is 1. The van der Waals surface area contributed by atoms with Gasteiger partial charge in [-0.25, -0.2) is 0 Å². The minimum atomic E-state index is -0.755. The molecule has 1 aliphatic heterocycles. The molecule has 2 aromatic carbocycles. The largest absolute Gasteiger partial charge is 0.289 e. The third kappa shape index (κ3) is 2.22. The zero-order valence-corrected chi connectivity index (χ0v) is 11.8. The highest BCUT2D eigenvalue weighted by molar-refractivity contribution is 8.26. The Labute approximate surface area is 120 Å². The van der Waals surface area contributed by atoms with Gasteiger partial charge in [0.25, 0.3) is 0 Å². The van der Waals surface area contributed by atoms with Crippen LogP contribution in [0.3, 0.4) is 0 Å². The van der Waals surface area contributed by atoms with Crippen LogP contribution < -0.4 is 0 Å². The number of hydrogen-bond acceptors (Lipinski definition) is 1. The third-order valence-corrected chi connectivity index (χ3v) is 5.32. The van der Waals surface area contributed by atoms with E-state index in [0.29, 0.717) is 10.6 Å². The van der Waals surface area contributed by atoms with E-state index >= 15 is 0 Å². The molecule has 2 aromatic rings. The van der Waals surface area contributed by atoms with Crippen LogP contribution in [-0.4, -0.2) is 5.78 Å². The molecule has 95 valence electrons. The number of hydrogen-bond donors (Lipinski definition) is 1. The number of ketones is 1. The second-order valence-electron chi connectivity index (χ2n) is 4.35. The Balaban J connectivity index is 2.13. The molecule has 1 nitrogen and oxygen atoms in total. The van der Waals surface area contributed by atoms with Crippen molar-refractivity contribution in [3.05, 3.63) is 77.0 Å². The van der Waals surface area contributed by atoms with Crippen molar-refractivity contribution in [1.29, 1.82) is 0 Å². The molecule has 0 bridgehead atoms. The molecule has 0 saturated heterocycles. The van der Waals surface area contributed by atoms with E-state index in [1.165, 1.54) is 0 Å². The summed E-state index contributed by atoms with van der Waals surface area (Å²) >= 11 is 5.96. The summed E-state index contributed by atoms with van der Waals surface area (Å²) in [6.07, 6.45) is 5.96. The van der Waals surface area contributed by atoms with Crippen LogP contribution in [0, 0.1) is 6.26 Å². The van der Waals surface area contributed by atoms with Crippen molar-refractivity contribution in [2.45, 2.75) is 4.90 Å². The molecule has 0 amide bonds. The summed E-state index contributed by atoms with van der Waals surface area (Å²) in [5.41, 5.74) is 1.76. The van der Waals surface area contributed by atoms with Gasteiger partial charge in [-0.15, -0.1) is 0 Å². The van der Waals surface area contributed by atoms with E-state index in [-0.39, 0.29) is 5.78 Å². The molecule has 0 aliphatic carbocycles. The van der Waals surface area contributed by atoms with E-state index in [1.807, 2.05) is 42.5 Å². The summed E-state index contributed by atoms with van der Waals surface area (Å²) < 4.78 is 0. The fourth-order valence-electron chi connectivity index (χ4n) is 2.20. The van der Waals surface area contributed by atoms with Crippen LogP contribution in [0.1, 0.15) is 15.9 Å². The van der Waals surface area contributed by atoms with Crippen LogP contribution in [0.4, 0.5) is 0 Å². The van der Waals surface area contributed by atoms with E-state index in [4.69, 9.17) is 11.6 Å². The molecule has 1 radical (unpaired) electrons. The van der Waals surface area contributed by atoms with E-state index in [9.17, 15) is 4.79 Å². The fraction of sp³-hybridized carbons (Fsp3) is 0. The number of carbonyl (C=O) groups excluding carboxylic acids is 1. The molecule has 1 heterocycles. The van der Waals surface area contributed by atoms with Crippen LogP contribution in [0.5, 0.6) is 0 Å². The molecular formula is C16H12ClOS. The van der Waals surface area contributed by atoms with Crippen molar-refractivity contribution in [2.24, 2.45) is 0 Å². The van der Waals surface area contributed by atoms with Gasteiger partial charge in [0, 0.05) is 20.4 Å². The number of benzene rings is 2. The second-order valence-corrected chi connectivity index (χ2v) is 6.61. The molecular weight excluding hydrogens is 276 g/mol. The van der Waals surface area contributed by atoms with E-state index in [0.717, 1.165) is 15.4 Å². The topological polar surface area (TPSA) is 17.1 Å². The van der Waals surface area contributed by atoms with Gasteiger partial charge >= 0.3 is 0 Å². The highest BCUT2D eigenvalue weighted by Crippen LogP contribution is 2.52. The normalized spacial score (nSPS) is 19.8. The molecule has 0 N–H and O–H groups in total. The molecule has 0 aromatic heterocycles. The third-order valence-electron chi connectivity index (χ3n) is 3.14. The average Bonchev–Trinajstić information content (AvgIpc) is 2.43. The Morgan fingerprint density at radius 3 is 2.53 bits per heavy atom. The first-order chi connectivity index (χ1) is 9.16. The molecule has 1 unspecified atom stereocenters. The summed E-state index contributed by atoms with van der Waals surface area (Å²) in [5.74, 6) is 0.0127. The lowest BCUT2D eigenvalue weighted by molar-refractivity contribution is 0.104. The van der Waals surface area contributed by atoms with E-state index in [1.54, 1.807) is 12.1 Å². The lowest BCUT2D eigenvalue weighted by atomic mass is 10.1. The lowest BCUT2D eigenvalue weighted by Crippen LogP contribution is -2.06. The predicted molar refractivity (Wildman–Crippen MR) is 82.8 cm³/mol. The second kappa shape index (κ2) is 4.87. The van der Waals surface area contributed by atoms with Crippen molar-refractivity contribution in [2.75, 3.05) is 0 Å². The number of thiol groups is 1. The molecule has 3 heteroatoms. The van der Waals surface area contributed by atoms with E-state index in [2.05, 4.69) is 6.26 Å². The Morgan fingerprint density at radius 2 is 1.79 bits per heavy atom. The van der Waals surface area contributed by atoms with Crippen LogP contribution in [-0.2, 0) is 0 Å². The van der Waals surface area contributed by atoms with E-state index < -0.39 is 10.9 Å².